The Kier molecular flexibility index (Phi) is 7.94. The largest absolute Gasteiger partial charge is 0.354 e. The van der Waals surface area contributed by atoms with Crippen LogP contribution in [0.3, 0.4) is 0 Å². The summed E-state index contributed by atoms with van der Waals surface area (Å²) in [5.74, 6) is 1.42. The topological polar surface area (TPSA) is 73.5 Å². The molecule has 27 heavy (non-hydrogen) atoms. The Hall–Kier alpha value is -1.14. The Morgan fingerprint density at radius 1 is 0.963 bits per heavy atom. The van der Waals surface area contributed by atoms with Crippen molar-refractivity contribution >= 4 is 11.8 Å². The van der Waals surface area contributed by atoms with Gasteiger partial charge in [-0.15, -0.1) is 0 Å². The van der Waals surface area contributed by atoms with Crippen LogP contribution in [0.1, 0.15) is 64.7 Å². The van der Waals surface area contributed by atoms with E-state index in [0.29, 0.717) is 11.8 Å². The summed E-state index contributed by atoms with van der Waals surface area (Å²) in [6, 6.07) is -0.0854. The van der Waals surface area contributed by atoms with Crippen molar-refractivity contribution < 1.29 is 9.59 Å². The van der Waals surface area contributed by atoms with Crippen LogP contribution in [0.4, 0.5) is 0 Å². The SMILES string of the molecule is CC(C(=O)NCC1CCCCC1)N1CCCC(CNC(=O)C2CCCN2)C1. The Labute approximate surface area is 164 Å². The molecular weight excluding hydrogens is 340 g/mol. The summed E-state index contributed by atoms with van der Waals surface area (Å²) in [4.78, 5) is 27.1. The molecule has 3 fully saturated rings. The highest BCUT2D eigenvalue weighted by Crippen LogP contribution is 2.23. The van der Waals surface area contributed by atoms with Gasteiger partial charge in [-0.05, 0) is 70.4 Å². The average Bonchev–Trinajstić information content (AvgIpc) is 3.25. The van der Waals surface area contributed by atoms with E-state index in [1.165, 1.54) is 32.1 Å². The maximum Gasteiger partial charge on any atom is 0.237 e. The van der Waals surface area contributed by atoms with Crippen LogP contribution in [0.2, 0.25) is 0 Å². The van der Waals surface area contributed by atoms with Crippen LogP contribution in [0.25, 0.3) is 0 Å². The second kappa shape index (κ2) is 10.4. The number of carbonyl (C=O) groups excluding carboxylic acids is 2. The Morgan fingerprint density at radius 3 is 2.44 bits per heavy atom. The standard InChI is InChI=1S/C21H38N4O2/c1-16(20(26)23-13-17-7-3-2-4-8-17)25-12-6-9-18(15-25)14-24-21(27)19-10-5-11-22-19/h16-19,22H,2-15H2,1H3,(H,23,26)(H,24,27). The first-order valence-corrected chi connectivity index (χ1v) is 11.2. The number of hydrogen-bond donors (Lipinski definition) is 3. The van der Waals surface area contributed by atoms with Crippen LogP contribution in [0, 0.1) is 11.8 Å². The normalized spacial score (nSPS) is 28.6. The van der Waals surface area contributed by atoms with Gasteiger partial charge < -0.3 is 16.0 Å². The molecule has 2 aliphatic heterocycles. The lowest BCUT2D eigenvalue weighted by Crippen LogP contribution is -2.51. The highest BCUT2D eigenvalue weighted by atomic mass is 16.2. The number of nitrogens with one attached hydrogen (secondary N) is 3. The molecule has 0 spiro atoms. The van der Waals surface area contributed by atoms with Crippen LogP contribution in [-0.2, 0) is 9.59 Å². The van der Waals surface area contributed by atoms with Gasteiger partial charge >= 0.3 is 0 Å². The number of nitrogens with zero attached hydrogens (tertiary/aromatic N) is 1. The molecule has 0 aromatic rings. The molecule has 0 aromatic carbocycles. The third-order valence-corrected chi connectivity index (χ3v) is 6.71. The lowest BCUT2D eigenvalue weighted by Gasteiger charge is -2.36. The molecule has 2 saturated heterocycles. The zero-order valence-electron chi connectivity index (χ0n) is 17.0. The van der Waals surface area contributed by atoms with Crippen molar-refractivity contribution in [1.29, 1.82) is 0 Å². The van der Waals surface area contributed by atoms with Crippen LogP contribution in [0.5, 0.6) is 0 Å². The minimum atomic E-state index is -0.0800. The molecule has 2 amide bonds. The molecule has 0 radical (unpaired) electrons. The summed E-state index contributed by atoms with van der Waals surface area (Å²) in [5, 5.41) is 9.57. The minimum absolute atomic E-state index is 0.00539. The van der Waals surface area contributed by atoms with E-state index in [-0.39, 0.29) is 23.9 Å². The third kappa shape index (κ3) is 6.18. The van der Waals surface area contributed by atoms with Crippen LogP contribution >= 0.6 is 0 Å². The van der Waals surface area contributed by atoms with Crippen LogP contribution in [-0.4, -0.2) is 61.5 Å². The Balaban J connectivity index is 1.38. The van der Waals surface area contributed by atoms with E-state index in [1.807, 2.05) is 6.92 Å². The van der Waals surface area contributed by atoms with Crippen molar-refractivity contribution in [2.45, 2.75) is 76.8 Å². The van der Waals surface area contributed by atoms with Crippen molar-refractivity contribution in [1.82, 2.24) is 20.9 Å². The fourth-order valence-corrected chi connectivity index (χ4v) is 4.84. The summed E-state index contributed by atoms with van der Waals surface area (Å²) < 4.78 is 0. The van der Waals surface area contributed by atoms with Gasteiger partial charge in [-0.2, -0.15) is 0 Å². The van der Waals surface area contributed by atoms with Crippen LogP contribution in [0.15, 0.2) is 0 Å². The first kappa shape index (κ1) is 20.6. The van der Waals surface area contributed by atoms with Crippen molar-refractivity contribution in [3.63, 3.8) is 0 Å². The Morgan fingerprint density at radius 2 is 1.70 bits per heavy atom. The number of hydrogen-bond acceptors (Lipinski definition) is 4. The molecule has 2 heterocycles. The second-order valence-corrected chi connectivity index (χ2v) is 8.82. The van der Waals surface area contributed by atoms with Gasteiger partial charge in [0.15, 0.2) is 0 Å². The number of likely N-dealkylation sites (tertiary alicyclic amines) is 1. The molecule has 3 atom stereocenters. The molecular formula is C21H38N4O2. The Bertz CT molecular complexity index is 487. The van der Waals surface area contributed by atoms with E-state index < -0.39 is 0 Å². The van der Waals surface area contributed by atoms with Crippen molar-refractivity contribution in [2.75, 3.05) is 32.7 Å². The maximum atomic E-state index is 12.6. The van der Waals surface area contributed by atoms with Gasteiger partial charge in [0.25, 0.3) is 0 Å². The van der Waals surface area contributed by atoms with Gasteiger partial charge in [0.1, 0.15) is 0 Å². The zero-order chi connectivity index (χ0) is 19.1. The number of piperidine rings is 1. The van der Waals surface area contributed by atoms with Crippen molar-refractivity contribution in [3.8, 4) is 0 Å². The van der Waals surface area contributed by atoms with Crippen molar-refractivity contribution in [3.05, 3.63) is 0 Å². The van der Waals surface area contributed by atoms with E-state index in [9.17, 15) is 9.59 Å². The molecule has 6 nitrogen and oxygen atoms in total. The summed E-state index contributed by atoms with van der Waals surface area (Å²) in [5.41, 5.74) is 0. The molecule has 3 aliphatic rings. The summed E-state index contributed by atoms with van der Waals surface area (Å²) >= 11 is 0. The minimum Gasteiger partial charge on any atom is -0.354 e. The average molecular weight is 379 g/mol. The molecule has 154 valence electrons. The van der Waals surface area contributed by atoms with E-state index in [1.54, 1.807) is 0 Å². The van der Waals surface area contributed by atoms with Gasteiger partial charge in [-0.25, -0.2) is 0 Å². The van der Waals surface area contributed by atoms with E-state index in [2.05, 4.69) is 20.9 Å². The maximum absolute atomic E-state index is 12.6. The second-order valence-electron chi connectivity index (χ2n) is 8.82. The molecule has 3 N–H and O–H groups in total. The molecule has 0 bridgehead atoms. The fourth-order valence-electron chi connectivity index (χ4n) is 4.84. The number of amides is 2. The van der Waals surface area contributed by atoms with Gasteiger partial charge in [0.05, 0.1) is 12.1 Å². The molecule has 3 rings (SSSR count). The highest BCUT2D eigenvalue weighted by molar-refractivity contribution is 5.82. The third-order valence-electron chi connectivity index (χ3n) is 6.71. The van der Waals surface area contributed by atoms with E-state index in [4.69, 9.17) is 0 Å². The van der Waals surface area contributed by atoms with Gasteiger partial charge in [-0.3, -0.25) is 14.5 Å². The molecule has 1 aliphatic carbocycles. The van der Waals surface area contributed by atoms with Gasteiger partial charge in [0, 0.05) is 19.6 Å². The number of rotatable bonds is 7. The highest BCUT2D eigenvalue weighted by Gasteiger charge is 2.29. The lowest BCUT2D eigenvalue weighted by molar-refractivity contribution is -0.127. The van der Waals surface area contributed by atoms with Crippen molar-refractivity contribution in [2.24, 2.45) is 11.8 Å². The monoisotopic (exact) mass is 378 g/mol. The predicted molar refractivity (Wildman–Crippen MR) is 107 cm³/mol. The summed E-state index contributed by atoms with van der Waals surface area (Å²) in [7, 11) is 0. The van der Waals surface area contributed by atoms with Crippen LogP contribution < -0.4 is 16.0 Å². The lowest BCUT2D eigenvalue weighted by atomic mass is 9.89. The van der Waals surface area contributed by atoms with E-state index >= 15 is 0 Å². The van der Waals surface area contributed by atoms with E-state index in [0.717, 1.165) is 58.4 Å². The summed E-state index contributed by atoms with van der Waals surface area (Å²) in [6.45, 7) is 6.42. The molecule has 6 heteroatoms. The first-order valence-electron chi connectivity index (χ1n) is 11.2. The quantitative estimate of drug-likeness (QED) is 0.630. The molecule has 0 aromatic heterocycles. The van der Waals surface area contributed by atoms with Gasteiger partial charge in [0.2, 0.25) is 11.8 Å². The summed E-state index contributed by atoms with van der Waals surface area (Å²) in [6.07, 6.45) is 10.8. The number of carbonyl (C=O) groups is 2. The zero-order valence-corrected chi connectivity index (χ0v) is 17.0. The predicted octanol–water partition coefficient (Wildman–Crippen LogP) is 1.65. The smallest absolute Gasteiger partial charge is 0.237 e. The molecule has 1 saturated carbocycles. The van der Waals surface area contributed by atoms with Gasteiger partial charge in [-0.1, -0.05) is 19.3 Å². The molecule has 3 unspecified atom stereocenters. The fraction of sp³-hybridized carbons (Fsp3) is 0.905. The first-order chi connectivity index (χ1) is 13.1.